The van der Waals surface area contributed by atoms with E-state index in [9.17, 15) is 9.59 Å². The molecular formula is C14H20N2O3. The molecule has 2 aliphatic rings. The first-order chi connectivity index (χ1) is 9.09. The minimum atomic E-state index is 0.0109. The smallest absolute Gasteiger partial charge is 0.252 e. The summed E-state index contributed by atoms with van der Waals surface area (Å²) in [5.41, 5.74) is 1.34. The number of hydrogen-bond donors (Lipinski definition) is 0. The van der Waals surface area contributed by atoms with E-state index in [1.54, 1.807) is 23.9 Å². The van der Waals surface area contributed by atoms with Gasteiger partial charge in [0.05, 0.1) is 23.7 Å². The summed E-state index contributed by atoms with van der Waals surface area (Å²) in [6.45, 7) is 1.58. The van der Waals surface area contributed by atoms with Gasteiger partial charge in [0, 0.05) is 27.2 Å². The number of rotatable bonds is 2. The molecule has 0 N–H and O–H groups in total. The van der Waals surface area contributed by atoms with Crippen LogP contribution in [0, 0.1) is 0 Å². The Morgan fingerprint density at radius 1 is 0.895 bits per heavy atom. The molecule has 0 aromatic rings. The van der Waals surface area contributed by atoms with Crippen LogP contribution in [0.1, 0.15) is 25.7 Å². The highest BCUT2D eigenvalue weighted by Crippen LogP contribution is 2.18. The fourth-order valence-electron chi connectivity index (χ4n) is 2.34. The van der Waals surface area contributed by atoms with E-state index in [0.717, 1.165) is 38.8 Å². The first kappa shape index (κ1) is 13.6. The van der Waals surface area contributed by atoms with Crippen LogP contribution in [-0.2, 0) is 14.3 Å². The van der Waals surface area contributed by atoms with Gasteiger partial charge in [-0.15, -0.1) is 0 Å². The zero-order chi connectivity index (χ0) is 13.8. The SMILES string of the molecule is CN1CCCC(=COC=C2CCCN(C)C2=O)C1=O. The molecule has 0 aromatic carbocycles. The lowest BCUT2D eigenvalue weighted by atomic mass is 10.1. The van der Waals surface area contributed by atoms with Gasteiger partial charge in [0.25, 0.3) is 11.8 Å². The molecule has 0 saturated carbocycles. The molecular weight excluding hydrogens is 244 g/mol. The lowest BCUT2D eigenvalue weighted by Crippen LogP contribution is -2.33. The zero-order valence-electron chi connectivity index (χ0n) is 11.5. The third kappa shape index (κ3) is 3.16. The molecule has 0 unspecified atom stereocenters. The third-order valence-corrected chi connectivity index (χ3v) is 3.54. The van der Waals surface area contributed by atoms with Crippen LogP contribution in [-0.4, -0.2) is 48.8 Å². The van der Waals surface area contributed by atoms with Gasteiger partial charge in [-0.2, -0.15) is 0 Å². The highest BCUT2D eigenvalue weighted by atomic mass is 16.5. The molecule has 5 heteroatoms. The number of amides is 2. The zero-order valence-corrected chi connectivity index (χ0v) is 11.5. The van der Waals surface area contributed by atoms with E-state index in [1.807, 2.05) is 0 Å². The van der Waals surface area contributed by atoms with E-state index in [0.29, 0.717) is 11.1 Å². The van der Waals surface area contributed by atoms with Crippen LogP contribution >= 0.6 is 0 Å². The van der Waals surface area contributed by atoms with Gasteiger partial charge in [-0.25, -0.2) is 0 Å². The summed E-state index contributed by atoms with van der Waals surface area (Å²) in [7, 11) is 3.57. The first-order valence-electron chi connectivity index (χ1n) is 6.64. The van der Waals surface area contributed by atoms with E-state index in [4.69, 9.17) is 4.74 Å². The van der Waals surface area contributed by atoms with Crippen LogP contribution < -0.4 is 0 Å². The number of carbonyl (C=O) groups excluding carboxylic acids is 2. The second-order valence-electron chi connectivity index (χ2n) is 5.08. The molecule has 0 aromatic heterocycles. The summed E-state index contributed by atoms with van der Waals surface area (Å²) < 4.78 is 5.33. The van der Waals surface area contributed by atoms with Gasteiger partial charge in [0.15, 0.2) is 0 Å². The Kier molecular flexibility index (Phi) is 4.24. The van der Waals surface area contributed by atoms with Gasteiger partial charge < -0.3 is 14.5 Å². The lowest BCUT2D eigenvalue weighted by Gasteiger charge is -2.24. The van der Waals surface area contributed by atoms with Crippen molar-refractivity contribution >= 4 is 11.8 Å². The van der Waals surface area contributed by atoms with Crippen molar-refractivity contribution in [1.82, 2.24) is 9.80 Å². The second-order valence-corrected chi connectivity index (χ2v) is 5.08. The minimum absolute atomic E-state index is 0.0109. The van der Waals surface area contributed by atoms with Crippen molar-refractivity contribution in [2.75, 3.05) is 27.2 Å². The Morgan fingerprint density at radius 2 is 1.32 bits per heavy atom. The molecule has 0 radical (unpaired) electrons. The molecule has 104 valence electrons. The topological polar surface area (TPSA) is 49.9 Å². The second kappa shape index (κ2) is 5.91. The van der Waals surface area contributed by atoms with Crippen molar-refractivity contribution in [2.24, 2.45) is 0 Å². The third-order valence-electron chi connectivity index (χ3n) is 3.54. The normalized spacial score (nSPS) is 25.4. The van der Waals surface area contributed by atoms with Crippen LogP contribution in [0.15, 0.2) is 23.7 Å². The molecule has 2 heterocycles. The Balaban J connectivity index is 1.98. The summed E-state index contributed by atoms with van der Waals surface area (Å²) in [4.78, 5) is 27.0. The highest BCUT2D eigenvalue weighted by molar-refractivity contribution is 5.94. The maximum atomic E-state index is 11.8. The molecule has 2 rings (SSSR count). The van der Waals surface area contributed by atoms with Crippen LogP contribution in [0.25, 0.3) is 0 Å². The number of carbonyl (C=O) groups is 2. The van der Waals surface area contributed by atoms with Crippen LogP contribution in [0.5, 0.6) is 0 Å². The molecule has 2 amide bonds. The number of piperidine rings is 2. The van der Waals surface area contributed by atoms with E-state index in [2.05, 4.69) is 0 Å². The van der Waals surface area contributed by atoms with Crippen LogP contribution in [0.3, 0.4) is 0 Å². The van der Waals surface area contributed by atoms with Gasteiger partial charge in [0.1, 0.15) is 0 Å². The average molecular weight is 264 g/mol. The molecule has 19 heavy (non-hydrogen) atoms. The molecule has 0 atom stereocenters. The fourth-order valence-corrected chi connectivity index (χ4v) is 2.34. The molecule has 5 nitrogen and oxygen atoms in total. The maximum absolute atomic E-state index is 11.8. The Morgan fingerprint density at radius 3 is 1.74 bits per heavy atom. The van der Waals surface area contributed by atoms with Crippen molar-refractivity contribution in [2.45, 2.75) is 25.7 Å². The molecule has 0 aliphatic carbocycles. The Labute approximate surface area is 113 Å². The van der Waals surface area contributed by atoms with E-state index in [-0.39, 0.29) is 11.8 Å². The molecule has 2 aliphatic heterocycles. The van der Waals surface area contributed by atoms with Gasteiger partial charge in [-0.1, -0.05) is 0 Å². The summed E-state index contributed by atoms with van der Waals surface area (Å²) >= 11 is 0. The molecule has 0 bridgehead atoms. The highest BCUT2D eigenvalue weighted by Gasteiger charge is 2.21. The van der Waals surface area contributed by atoms with E-state index >= 15 is 0 Å². The predicted octanol–water partition coefficient (Wildman–Crippen LogP) is 1.28. The summed E-state index contributed by atoms with van der Waals surface area (Å²) in [5.74, 6) is 0.0217. The predicted molar refractivity (Wildman–Crippen MR) is 71.0 cm³/mol. The van der Waals surface area contributed by atoms with Gasteiger partial charge in [0.2, 0.25) is 0 Å². The average Bonchev–Trinajstić information content (AvgIpc) is 2.39. The van der Waals surface area contributed by atoms with E-state index < -0.39 is 0 Å². The van der Waals surface area contributed by atoms with Gasteiger partial charge >= 0.3 is 0 Å². The molecule has 2 saturated heterocycles. The number of ether oxygens (including phenoxy) is 1. The quantitative estimate of drug-likeness (QED) is 0.557. The van der Waals surface area contributed by atoms with Gasteiger partial charge in [-0.3, -0.25) is 9.59 Å². The fraction of sp³-hybridized carbons (Fsp3) is 0.571. The Hall–Kier alpha value is -1.78. The van der Waals surface area contributed by atoms with Crippen molar-refractivity contribution in [3.05, 3.63) is 23.7 Å². The van der Waals surface area contributed by atoms with Crippen molar-refractivity contribution < 1.29 is 14.3 Å². The standard InChI is InChI=1S/C14H20N2O3/c1-15-7-3-5-11(13(15)17)9-19-10-12-6-4-8-16(2)14(12)18/h9-10H,3-8H2,1-2H3. The lowest BCUT2D eigenvalue weighted by molar-refractivity contribution is -0.127. The van der Waals surface area contributed by atoms with Crippen molar-refractivity contribution in [1.29, 1.82) is 0 Å². The summed E-state index contributed by atoms with van der Waals surface area (Å²) in [5, 5.41) is 0. The molecule has 2 fully saturated rings. The monoisotopic (exact) mass is 264 g/mol. The number of likely N-dealkylation sites (N-methyl/N-ethyl adjacent to an activating group) is 2. The molecule has 0 spiro atoms. The number of hydrogen-bond acceptors (Lipinski definition) is 3. The Bertz CT molecular complexity index is 400. The summed E-state index contributed by atoms with van der Waals surface area (Å²) in [6, 6.07) is 0. The van der Waals surface area contributed by atoms with Crippen molar-refractivity contribution in [3.8, 4) is 0 Å². The van der Waals surface area contributed by atoms with Crippen LogP contribution in [0.4, 0.5) is 0 Å². The number of likely N-dealkylation sites (tertiary alicyclic amines) is 2. The summed E-state index contributed by atoms with van der Waals surface area (Å²) in [6.07, 6.45) is 6.34. The maximum Gasteiger partial charge on any atom is 0.252 e. The minimum Gasteiger partial charge on any atom is -0.472 e. The first-order valence-corrected chi connectivity index (χ1v) is 6.64. The van der Waals surface area contributed by atoms with Crippen molar-refractivity contribution in [3.63, 3.8) is 0 Å². The van der Waals surface area contributed by atoms with E-state index in [1.165, 1.54) is 12.5 Å². The number of nitrogens with zero attached hydrogens (tertiary/aromatic N) is 2. The van der Waals surface area contributed by atoms with Crippen LogP contribution in [0.2, 0.25) is 0 Å². The van der Waals surface area contributed by atoms with Gasteiger partial charge in [-0.05, 0) is 25.7 Å². The largest absolute Gasteiger partial charge is 0.472 e.